The van der Waals surface area contributed by atoms with E-state index < -0.39 is 0 Å². The number of hydrogen-bond donors (Lipinski definition) is 0. The van der Waals surface area contributed by atoms with Crippen molar-refractivity contribution in [2.75, 3.05) is 12.8 Å². The quantitative estimate of drug-likeness (QED) is 0.712. The number of carbonyl (C=O) groups excluding carboxylic acids is 1. The summed E-state index contributed by atoms with van der Waals surface area (Å²) in [7, 11) is 1.92. The van der Waals surface area contributed by atoms with E-state index in [1.54, 1.807) is 12.1 Å². The fourth-order valence-corrected chi connectivity index (χ4v) is 4.73. The molecule has 0 spiro atoms. The molecule has 24 heavy (non-hydrogen) atoms. The first-order valence-electron chi connectivity index (χ1n) is 8.23. The summed E-state index contributed by atoms with van der Waals surface area (Å²) in [6.07, 6.45) is 5.99. The Kier molecular flexibility index (Phi) is 5.89. The summed E-state index contributed by atoms with van der Waals surface area (Å²) in [5, 5.41) is 1.95. The summed E-state index contributed by atoms with van der Waals surface area (Å²) in [4.78, 5) is 18.8. The van der Waals surface area contributed by atoms with E-state index in [0.29, 0.717) is 11.8 Å². The van der Waals surface area contributed by atoms with Gasteiger partial charge in [0.1, 0.15) is 5.82 Å². The van der Waals surface area contributed by atoms with Gasteiger partial charge in [-0.25, -0.2) is 9.37 Å². The minimum Gasteiger partial charge on any atom is -0.342 e. The van der Waals surface area contributed by atoms with Gasteiger partial charge >= 0.3 is 0 Å². The molecule has 1 saturated carbocycles. The molecule has 3 rings (SSSR count). The Labute approximate surface area is 150 Å². The first kappa shape index (κ1) is 17.4. The first-order valence-corrected chi connectivity index (χ1v) is 10.1. The molecule has 0 N–H and O–H groups in total. The zero-order valence-corrected chi connectivity index (χ0v) is 15.3. The number of nitrogens with zero attached hydrogens (tertiary/aromatic N) is 2. The van der Waals surface area contributed by atoms with Gasteiger partial charge in [0.25, 0.3) is 0 Å². The molecule has 0 saturated heterocycles. The maximum Gasteiger partial charge on any atom is 0.233 e. The molecule has 128 valence electrons. The van der Waals surface area contributed by atoms with E-state index >= 15 is 0 Å². The minimum atomic E-state index is -0.250. The molecule has 1 aliphatic rings. The van der Waals surface area contributed by atoms with Crippen LogP contribution in [-0.4, -0.2) is 34.6 Å². The zero-order valence-electron chi connectivity index (χ0n) is 13.7. The van der Waals surface area contributed by atoms with Crippen LogP contribution in [0.1, 0.15) is 32.1 Å². The minimum absolute atomic E-state index is 0.172. The van der Waals surface area contributed by atoms with Gasteiger partial charge in [-0.1, -0.05) is 31.0 Å². The molecule has 1 aliphatic carbocycles. The summed E-state index contributed by atoms with van der Waals surface area (Å²) >= 11 is 3.01. The third kappa shape index (κ3) is 4.36. The molecule has 1 fully saturated rings. The lowest BCUT2D eigenvalue weighted by atomic mass is 9.94. The first-order chi connectivity index (χ1) is 11.6. The highest BCUT2D eigenvalue weighted by molar-refractivity contribution is 8.01. The molecule has 0 radical (unpaired) electrons. The van der Waals surface area contributed by atoms with Crippen molar-refractivity contribution >= 4 is 29.0 Å². The summed E-state index contributed by atoms with van der Waals surface area (Å²) < 4.78 is 13.9. The predicted octanol–water partition coefficient (Wildman–Crippen LogP) is 4.83. The third-order valence-corrected chi connectivity index (χ3v) is 6.46. The second-order valence-corrected chi connectivity index (χ2v) is 8.17. The van der Waals surface area contributed by atoms with Crippen LogP contribution in [0.3, 0.4) is 0 Å². The summed E-state index contributed by atoms with van der Waals surface area (Å²) in [6.45, 7) is 0. The lowest BCUT2D eigenvalue weighted by molar-refractivity contribution is -0.129. The number of amides is 1. The van der Waals surface area contributed by atoms with E-state index in [4.69, 9.17) is 0 Å². The van der Waals surface area contributed by atoms with Crippen molar-refractivity contribution in [1.82, 2.24) is 9.88 Å². The van der Waals surface area contributed by atoms with Crippen molar-refractivity contribution in [3.63, 3.8) is 0 Å². The summed E-state index contributed by atoms with van der Waals surface area (Å²) in [5.41, 5.74) is 1.72. The number of benzene rings is 1. The molecule has 0 atom stereocenters. The van der Waals surface area contributed by atoms with Crippen LogP contribution in [-0.2, 0) is 4.79 Å². The number of thiazole rings is 1. The Hall–Kier alpha value is -1.40. The monoisotopic (exact) mass is 364 g/mol. The Morgan fingerprint density at radius 3 is 2.71 bits per heavy atom. The number of thioether (sulfide) groups is 1. The second-order valence-electron chi connectivity index (χ2n) is 6.09. The van der Waals surface area contributed by atoms with Gasteiger partial charge in [0, 0.05) is 24.0 Å². The molecule has 1 aromatic heterocycles. The van der Waals surface area contributed by atoms with Crippen molar-refractivity contribution < 1.29 is 9.18 Å². The smallest absolute Gasteiger partial charge is 0.233 e. The van der Waals surface area contributed by atoms with Crippen molar-refractivity contribution in [2.24, 2.45) is 0 Å². The van der Waals surface area contributed by atoms with Crippen molar-refractivity contribution in [1.29, 1.82) is 0 Å². The van der Waals surface area contributed by atoms with Crippen LogP contribution in [0.25, 0.3) is 11.3 Å². The van der Waals surface area contributed by atoms with E-state index in [9.17, 15) is 9.18 Å². The highest BCUT2D eigenvalue weighted by atomic mass is 32.2. The van der Waals surface area contributed by atoms with E-state index in [1.807, 2.05) is 17.3 Å². The Morgan fingerprint density at radius 2 is 2.00 bits per heavy atom. The van der Waals surface area contributed by atoms with Crippen LogP contribution in [0.5, 0.6) is 0 Å². The maximum atomic E-state index is 13.0. The van der Waals surface area contributed by atoms with Gasteiger partial charge in [0.05, 0.1) is 11.4 Å². The van der Waals surface area contributed by atoms with Gasteiger partial charge in [-0.15, -0.1) is 11.3 Å². The van der Waals surface area contributed by atoms with Crippen LogP contribution in [0.4, 0.5) is 4.39 Å². The van der Waals surface area contributed by atoms with Gasteiger partial charge in [-0.3, -0.25) is 4.79 Å². The number of carbonyl (C=O) groups is 1. The topological polar surface area (TPSA) is 33.2 Å². The summed E-state index contributed by atoms with van der Waals surface area (Å²) in [5.74, 6) is 0.342. The van der Waals surface area contributed by atoms with Crippen LogP contribution in [0, 0.1) is 5.82 Å². The number of rotatable bonds is 5. The van der Waals surface area contributed by atoms with Gasteiger partial charge in [0.2, 0.25) is 5.91 Å². The molecular weight excluding hydrogens is 343 g/mol. The predicted molar refractivity (Wildman–Crippen MR) is 97.9 cm³/mol. The third-order valence-electron chi connectivity index (χ3n) is 4.46. The fourth-order valence-electron chi connectivity index (χ4n) is 2.97. The standard InChI is InChI=1S/C18H21FN2OS2/c1-21(15-5-3-2-4-6-15)17(22)12-24-18-20-16(11-23-18)13-7-9-14(19)10-8-13/h7-11,15H,2-6,12H2,1H3. The van der Waals surface area contributed by atoms with Crippen molar-refractivity contribution in [2.45, 2.75) is 42.5 Å². The van der Waals surface area contributed by atoms with Crippen molar-refractivity contribution in [3.8, 4) is 11.3 Å². The average Bonchev–Trinajstić information content (AvgIpc) is 3.09. The number of aromatic nitrogens is 1. The Bertz CT molecular complexity index is 681. The molecular formula is C18H21FN2OS2. The fraction of sp³-hybridized carbons (Fsp3) is 0.444. The molecule has 0 aliphatic heterocycles. The van der Waals surface area contributed by atoms with Gasteiger partial charge in [-0.2, -0.15) is 0 Å². The lowest BCUT2D eigenvalue weighted by Gasteiger charge is -2.31. The molecule has 1 amide bonds. The second kappa shape index (κ2) is 8.12. The van der Waals surface area contributed by atoms with Crippen LogP contribution in [0.15, 0.2) is 34.0 Å². The Morgan fingerprint density at radius 1 is 1.29 bits per heavy atom. The van der Waals surface area contributed by atoms with E-state index in [2.05, 4.69) is 4.98 Å². The SMILES string of the molecule is CN(C(=O)CSc1nc(-c2ccc(F)cc2)cs1)C1CCCCC1. The molecule has 2 aromatic rings. The van der Waals surface area contributed by atoms with E-state index in [0.717, 1.165) is 28.4 Å². The number of hydrogen-bond acceptors (Lipinski definition) is 4. The van der Waals surface area contributed by atoms with Gasteiger partial charge in [0.15, 0.2) is 4.34 Å². The van der Waals surface area contributed by atoms with Gasteiger partial charge < -0.3 is 4.90 Å². The Balaban J connectivity index is 1.55. The lowest BCUT2D eigenvalue weighted by Crippen LogP contribution is -2.39. The molecule has 0 unspecified atom stereocenters. The van der Waals surface area contributed by atoms with E-state index in [1.165, 1.54) is 54.5 Å². The molecule has 6 heteroatoms. The average molecular weight is 365 g/mol. The van der Waals surface area contributed by atoms with Crippen LogP contribution in [0.2, 0.25) is 0 Å². The summed E-state index contributed by atoms with van der Waals surface area (Å²) in [6, 6.07) is 6.72. The zero-order chi connectivity index (χ0) is 16.9. The number of halogens is 1. The molecule has 1 heterocycles. The van der Waals surface area contributed by atoms with Crippen molar-refractivity contribution in [3.05, 3.63) is 35.5 Å². The molecule has 3 nitrogen and oxygen atoms in total. The highest BCUT2D eigenvalue weighted by Crippen LogP contribution is 2.29. The highest BCUT2D eigenvalue weighted by Gasteiger charge is 2.22. The molecule has 0 bridgehead atoms. The van der Waals surface area contributed by atoms with E-state index in [-0.39, 0.29) is 11.7 Å². The largest absolute Gasteiger partial charge is 0.342 e. The van der Waals surface area contributed by atoms with Crippen LogP contribution >= 0.6 is 23.1 Å². The molecule has 1 aromatic carbocycles. The maximum absolute atomic E-state index is 13.0. The van der Waals surface area contributed by atoms with Crippen LogP contribution < -0.4 is 0 Å². The normalized spacial score (nSPS) is 15.4. The van der Waals surface area contributed by atoms with Gasteiger partial charge in [-0.05, 0) is 37.1 Å².